The maximum Gasteiger partial charge on any atom is 0.328 e. The van der Waals surface area contributed by atoms with Crippen LogP contribution in [0.25, 0.3) is 16.7 Å². The number of urea groups is 1. The van der Waals surface area contributed by atoms with E-state index in [0.717, 1.165) is 80.3 Å². The molecule has 4 aromatic rings. The highest BCUT2D eigenvalue weighted by atomic mass is 19.1. The van der Waals surface area contributed by atoms with Crippen molar-refractivity contribution in [3.63, 3.8) is 0 Å². The summed E-state index contributed by atoms with van der Waals surface area (Å²) in [5.41, 5.74) is 24.6. The van der Waals surface area contributed by atoms with Crippen molar-refractivity contribution >= 4 is 40.3 Å². The van der Waals surface area contributed by atoms with E-state index in [4.69, 9.17) is 22.2 Å². The molecule has 0 bridgehead atoms. The summed E-state index contributed by atoms with van der Waals surface area (Å²) < 4.78 is 18.8. The molecule has 2 aromatic heterocycles. The number of nitrogens with zero attached hydrogens (tertiary/aromatic N) is 6. The van der Waals surface area contributed by atoms with Crippen molar-refractivity contribution < 1.29 is 23.9 Å². The molecule has 1 atom stereocenters. The number of aromatic nitrogens is 2. The number of allylic oxidation sites excluding steroid dienone is 1. The molecule has 4 amide bonds. The summed E-state index contributed by atoms with van der Waals surface area (Å²) in [4.78, 5) is 50.8. The van der Waals surface area contributed by atoms with Crippen molar-refractivity contribution in [2.24, 2.45) is 17.2 Å². The normalized spacial score (nSPS) is 21.5. The fraction of sp³-hybridized carbons (Fsp3) is 0.458. The lowest BCUT2D eigenvalue weighted by Crippen LogP contribution is -2.51. The van der Waals surface area contributed by atoms with Gasteiger partial charge in [0.2, 0.25) is 5.91 Å². The zero-order valence-electron chi connectivity index (χ0n) is 36.1. The van der Waals surface area contributed by atoms with E-state index in [-0.39, 0.29) is 41.8 Å². The van der Waals surface area contributed by atoms with E-state index >= 15 is 4.39 Å². The second kappa shape index (κ2) is 17.2. The standard InChI is InChI=1S/C48H59FN10O4/c1-30-23-32(10-11-36(30)33-5-4-17-57(27-33)41(44(51)52)25-40(50)37-6-2-3-7-42(37)60)46(62)56-21-15-48(49,16-22-56)29-55-18-12-34(13-19-55)59-28-39(31-8-9-31)38-24-35(26-53-45(38)59)58-20-14-43(61)54-47(58)63/h2-3,6-7,10-11,23-26,28,31,33-34,60H,4-5,8-9,12-22,27,29,50-52H2,1H3,(H,54,61,63)/b40-25-. The Kier molecular flexibility index (Phi) is 11.5. The van der Waals surface area contributed by atoms with E-state index in [1.807, 2.05) is 25.1 Å². The number of halogens is 1. The summed E-state index contributed by atoms with van der Waals surface area (Å²) in [6.07, 6.45) is 12.5. The molecule has 5 aliphatic rings. The molecule has 1 aliphatic carbocycles. The van der Waals surface area contributed by atoms with Gasteiger partial charge in [0.05, 0.1) is 17.6 Å². The number of aromatic hydroxyl groups is 1. The van der Waals surface area contributed by atoms with Crippen molar-refractivity contribution in [3.05, 3.63) is 106 Å². The Balaban J connectivity index is 0.787. The summed E-state index contributed by atoms with van der Waals surface area (Å²) in [7, 11) is 0. The van der Waals surface area contributed by atoms with E-state index in [0.29, 0.717) is 79.7 Å². The van der Waals surface area contributed by atoms with Gasteiger partial charge in [-0.3, -0.25) is 19.8 Å². The van der Waals surface area contributed by atoms with Crippen LogP contribution in [-0.2, 0) is 4.79 Å². The summed E-state index contributed by atoms with van der Waals surface area (Å²) >= 11 is 0. The second-order valence-electron chi connectivity index (χ2n) is 18.3. The van der Waals surface area contributed by atoms with Crippen molar-refractivity contribution in [3.8, 4) is 5.75 Å². The van der Waals surface area contributed by atoms with Crippen LogP contribution in [-0.4, -0.2) is 105 Å². The fourth-order valence-electron chi connectivity index (χ4n) is 10.3. The van der Waals surface area contributed by atoms with Gasteiger partial charge in [-0.1, -0.05) is 18.2 Å². The van der Waals surface area contributed by atoms with Crippen LogP contribution in [0, 0.1) is 6.92 Å². The number of imide groups is 1. The lowest BCUT2D eigenvalue weighted by Gasteiger charge is -2.41. The van der Waals surface area contributed by atoms with Gasteiger partial charge in [-0.2, -0.15) is 0 Å². The minimum atomic E-state index is -1.36. The van der Waals surface area contributed by atoms with Crippen molar-refractivity contribution in [2.75, 3.05) is 57.3 Å². The molecule has 5 fully saturated rings. The Morgan fingerprint density at radius 3 is 2.38 bits per heavy atom. The number of aryl methyl sites for hydroxylation is 1. The average molecular weight is 859 g/mol. The Hall–Kier alpha value is -6.09. The van der Waals surface area contributed by atoms with E-state index in [2.05, 4.69) is 38.0 Å². The molecule has 2 aromatic carbocycles. The van der Waals surface area contributed by atoms with Gasteiger partial charge in [-0.15, -0.1) is 0 Å². The van der Waals surface area contributed by atoms with Gasteiger partial charge in [0, 0.05) is 112 Å². The lowest BCUT2D eigenvalue weighted by molar-refractivity contribution is -0.120. The molecule has 4 aliphatic heterocycles. The Morgan fingerprint density at radius 1 is 0.921 bits per heavy atom. The van der Waals surface area contributed by atoms with Crippen LogP contribution in [0.1, 0.15) is 108 Å². The molecule has 63 heavy (non-hydrogen) atoms. The number of phenolic OH excluding ortho intramolecular Hbond substituents is 1. The van der Waals surface area contributed by atoms with Crippen molar-refractivity contribution in [2.45, 2.75) is 88.3 Å². The van der Waals surface area contributed by atoms with Gasteiger partial charge in [0.25, 0.3) is 5.91 Å². The number of nitrogens with one attached hydrogen (secondary N) is 1. The van der Waals surface area contributed by atoms with Crippen LogP contribution in [0.2, 0.25) is 0 Å². The number of carbonyl (C=O) groups excluding carboxylic acids is 3. The van der Waals surface area contributed by atoms with Gasteiger partial charge >= 0.3 is 6.03 Å². The van der Waals surface area contributed by atoms with Crippen molar-refractivity contribution in [1.29, 1.82) is 0 Å². The Morgan fingerprint density at radius 2 is 1.68 bits per heavy atom. The number of likely N-dealkylation sites (tertiary alicyclic amines) is 3. The van der Waals surface area contributed by atoms with Gasteiger partial charge in [-0.25, -0.2) is 14.2 Å². The smallest absolute Gasteiger partial charge is 0.328 e. The number of carbonyl (C=O) groups is 3. The number of benzene rings is 2. The maximum absolute atomic E-state index is 16.5. The lowest BCUT2D eigenvalue weighted by atomic mass is 9.86. The Labute approximate surface area is 367 Å². The minimum absolute atomic E-state index is 0.0665. The number of pyridine rings is 1. The quantitative estimate of drug-likeness (QED) is 0.120. The molecular weight excluding hydrogens is 800 g/mol. The largest absolute Gasteiger partial charge is 0.507 e. The number of rotatable bonds is 10. The highest BCUT2D eigenvalue weighted by Gasteiger charge is 2.39. The molecule has 9 rings (SSSR count). The fourth-order valence-corrected chi connectivity index (χ4v) is 10.3. The number of piperidine rings is 3. The molecule has 6 heterocycles. The van der Waals surface area contributed by atoms with Gasteiger partial charge in [-0.05, 0) is 104 Å². The molecule has 0 spiro atoms. The van der Waals surface area contributed by atoms with Crippen molar-refractivity contribution in [1.82, 2.24) is 29.6 Å². The van der Waals surface area contributed by atoms with Crippen LogP contribution in [0.15, 0.2) is 78.5 Å². The van der Waals surface area contributed by atoms with Crippen LogP contribution in [0.3, 0.4) is 0 Å². The van der Waals surface area contributed by atoms with E-state index < -0.39 is 11.7 Å². The van der Waals surface area contributed by atoms with E-state index in [1.54, 1.807) is 40.3 Å². The first-order valence-electron chi connectivity index (χ1n) is 22.5. The monoisotopic (exact) mass is 858 g/mol. The summed E-state index contributed by atoms with van der Waals surface area (Å²) in [6, 6.07) is 14.7. The highest BCUT2D eigenvalue weighted by molar-refractivity contribution is 6.06. The first kappa shape index (κ1) is 42.2. The summed E-state index contributed by atoms with van der Waals surface area (Å²) in [5.74, 6) is 0.583. The topological polar surface area (TPSA) is 192 Å². The van der Waals surface area contributed by atoms with Gasteiger partial charge < -0.3 is 41.6 Å². The highest BCUT2D eigenvalue weighted by Crippen LogP contribution is 2.45. The number of anilines is 1. The summed E-state index contributed by atoms with van der Waals surface area (Å²) in [5, 5.41) is 13.8. The first-order chi connectivity index (χ1) is 30.3. The second-order valence-corrected chi connectivity index (χ2v) is 18.3. The third kappa shape index (κ3) is 8.80. The third-order valence-corrected chi connectivity index (χ3v) is 14.0. The predicted molar refractivity (Wildman–Crippen MR) is 241 cm³/mol. The number of alkyl halides is 1. The third-order valence-electron chi connectivity index (χ3n) is 14.0. The van der Waals surface area contributed by atoms with Crippen LogP contribution in [0.4, 0.5) is 14.9 Å². The number of phenols is 1. The molecule has 0 radical (unpaired) electrons. The summed E-state index contributed by atoms with van der Waals surface area (Å²) in [6.45, 7) is 6.48. The molecule has 15 heteroatoms. The van der Waals surface area contributed by atoms with E-state index in [1.165, 1.54) is 5.56 Å². The van der Waals surface area contributed by atoms with Gasteiger partial charge in [0.1, 0.15) is 22.9 Å². The van der Waals surface area contributed by atoms with Crippen LogP contribution in [0.5, 0.6) is 5.75 Å². The first-order valence-corrected chi connectivity index (χ1v) is 22.5. The number of nitrogens with two attached hydrogens (primary N) is 3. The van der Waals surface area contributed by atoms with Crippen LogP contribution >= 0.6 is 0 Å². The Bertz CT molecular complexity index is 2480. The SMILES string of the molecule is Cc1cc(C(=O)N2CCC(F)(CN3CCC(n4cc(C5CC5)c5cc(N6CCC(=O)NC6=O)cnc54)CC3)CC2)ccc1C1CCCN(C(/C=C(\N)c2ccccc2O)=C(N)N)C1. The minimum Gasteiger partial charge on any atom is -0.507 e. The number of hydrogen-bond acceptors (Lipinski definition) is 10. The van der Waals surface area contributed by atoms with Gasteiger partial charge in [0.15, 0.2) is 0 Å². The van der Waals surface area contributed by atoms with Crippen LogP contribution < -0.4 is 27.4 Å². The molecule has 332 valence electrons. The molecule has 1 saturated carbocycles. The number of fused-ring (bicyclic) bond motifs is 1. The number of para-hydroxylation sites is 1. The molecule has 1 unspecified atom stereocenters. The molecule has 8 N–H and O–H groups in total. The zero-order chi connectivity index (χ0) is 44.0. The molecule has 14 nitrogen and oxygen atoms in total. The number of amides is 4. The average Bonchev–Trinajstić information content (AvgIpc) is 4.05. The molecule has 4 saturated heterocycles. The number of hydrogen-bond donors (Lipinski definition) is 5. The molecular formula is C48H59FN10O4. The zero-order valence-corrected chi connectivity index (χ0v) is 36.1. The predicted octanol–water partition coefficient (Wildman–Crippen LogP) is 5.92. The van der Waals surface area contributed by atoms with E-state index in [9.17, 15) is 19.5 Å². The maximum atomic E-state index is 16.5.